The van der Waals surface area contributed by atoms with Crippen molar-refractivity contribution in [1.29, 1.82) is 0 Å². The van der Waals surface area contributed by atoms with Crippen LogP contribution in [0.25, 0.3) is 0 Å². The molecule has 1 rings (SSSR count). The van der Waals surface area contributed by atoms with Crippen LogP contribution in [0.5, 0.6) is 11.5 Å². The first-order chi connectivity index (χ1) is 14.4. The number of hydrogen-bond acceptors (Lipinski definition) is 4. The van der Waals surface area contributed by atoms with E-state index in [1.165, 1.54) is 0 Å². The largest absolute Gasteiger partial charge is 0.460 e. The number of carbonyl (C=O) groups is 2. The molecular formula is C16H9F13O4. The lowest BCUT2D eigenvalue weighted by Gasteiger charge is -2.39. The first-order valence-corrected chi connectivity index (χ1v) is 7.92. The number of rotatable bonds is 7. The lowest BCUT2D eigenvalue weighted by Crippen LogP contribution is -2.69. The Kier molecular flexibility index (Phi) is 7.06. The second-order valence-electron chi connectivity index (χ2n) is 6.22. The zero-order valence-corrected chi connectivity index (χ0v) is 15.8. The van der Waals surface area contributed by atoms with Crippen LogP contribution in [-0.4, -0.2) is 41.8 Å². The third-order valence-electron chi connectivity index (χ3n) is 3.75. The molecule has 0 amide bonds. The molecule has 0 N–H and O–H groups in total. The van der Waals surface area contributed by atoms with Gasteiger partial charge in [-0.25, -0.2) is 0 Å². The van der Waals surface area contributed by atoms with Gasteiger partial charge in [0.1, 0.15) is 0 Å². The van der Waals surface area contributed by atoms with Gasteiger partial charge in [0.2, 0.25) is 0 Å². The van der Waals surface area contributed by atoms with E-state index in [2.05, 4.69) is 9.47 Å². The molecule has 1 aromatic rings. The Bertz CT molecular complexity index is 921. The average Bonchev–Trinajstić information content (AvgIpc) is 2.60. The average molecular weight is 512 g/mol. The van der Waals surface area contributed by atoms with Crippen molar-refractivity contribution in [3.8, 4) is 11.5 Å². The van der Waals surface area contributed by atoms with Crippen molar-refractivity contribution in [2.24, 2.45) is 0 Å². The topological polar surface area (TPSA) is 52.6 Å². The maximum Gasteiger partial charge on any atom is 0.460 e. The van der Waals surface area contributed by atoms with Crippen molar-refractivity contribution in [2.45, 2.75) is 49.6 Å². The van der Waals surface area contributed by atoms with Crippen molar-refractivity contribution in [1.82, 2.24) is 0 Å². The first kappa shape index (κ1) is 28.3. The van der Waals surface area contributed by atoms with Crippen LogP contribution >= 0.6 is 0 Å². The molecule has 0 spiro atoms. The zero-order chi connectivity index (χ0) is 26.4. The van der Waals surface area contributed by atoms with E-state index in [1.807, 2.05) is 0 Å². The Morgan fingerprint density at radius 2 is 1.00 bits per heavy atom. The fraction of sp³-hybridized carbons (Fsp3) is 0.500. The van der Waals surface area contributed by atoms with Crippen LogP contribution in [0.3, 0.4) is 0 Å². The Morgan fingerprint density at radius 3 is 1.39 bits per heavy atom. The molecule has 0 unspecified atom stereocenters. The molecule has 0 fully saturated rings. The molecule has 188 valence electrons. The van der Waals surface area contributed by atoms with E-state index >= 15 is 0 Å². The Morgan fingerprint density at radius 1 is 0.606 bits per heavy atom. The van der Waals surface area contributed by atoms with Gasteiger partial charge in [-0.15, -0.1) is 0 Å². The Labute approximate surface area is 174 Å². The molecule has 0 saturated heterocycles. The quantitative estimate of drug-likeness (QED) is 0.266. The maximum atomic E-state index is 14.2. The second kappa shape index (κ2) is 8.23. The Balaban J connectivity index is 3.69. The van der Waals surface area contributed by atoms with Crippen LogP contribution in [0, 0.1) is 0 Å². The molecule has 0 aliphatic rings. The third kappa shape index (κ3) is 4.53. The smallest absolute Gasteiger partial charge is 0.423 e. The number of carbonyl (C=O) groups excluding carboxylic acids is 2. The number of halogens is 13. The zero-order valence-electron chi connectivity index (χ0n) is 15.8. The number of benzene rings is 1. The molecule has 0 aliphatic carbocycles. The van der Waals surface area contributed by atoms with Gasteiger partial charge in [0.05, 0.1) is 0 Å². The lowest BCUT2D eigenvalue weighted by atomic mass is 9.90. The van der Waals surface area contributed by atoms with Crippen molar-refractivity contribution in [3.63, 3.8) is 0 Å². The molecule has 17 heteroatoms. The first-order valence-electron chi connectivity index (χ1n) is 7.92. The van der Waals surface area contributed by atoms with Crippen LogP contribution in [0.4, 0.5) is 57.1 Å². The number of hydrogen-bond donors (Lipinski definition) is 0. The third-order valence-corrected chi connectivity index (χ3v) is 3.75. The molecule has 0 aromatic heterocycles. The second-order valence-corrected chi connectivity index (χ2v) is 6.22. The van der Waals surface area contributed by atoms with Crippen LogP contribution < -0.4 is 9.47 Å². The minimum atomic E-state index is -8.05. The normalized spacial score (nSPS) is 14.2. The van der Waals surface area contributed by atoms with E-state index in [0.717, 1.165) is 6.92 Å². The van der Waals surface area contributed by atoms with Crippen LogP contribution in [0.15, 0.2) is 18.2 Å². The summed E-state index contributed by atoms with van der Waals surface area (Å²) in [5.41, 5.74) is -2.40. The van der Waals surface area contributed by atoms with Crippen molar-refractivity contribution in [3.05, 3.63) is 23.8 Å². The van der Waals surface area contributed by atoms with Gasteiger partial charge in [-0.1, -0.05) is 0 Å². The molecule has 0 atom stereocenters. The number of esters is 2. The van der Waals surface area contributed by atoms with Crippen molar-refractivity contribution < 1.29 is 76.1 Å². The molecule has 0 radical (unpaired) electrons. The fourth-order valence-corrected chi connectivity index (χ4v) is 2.13. The molecule has 0 saturated carbocycles. The van der Waals surface area contributed by atoms with Gasteiger partial charge in [0.25, 0.3) is 0 Å². The fourth-order valence-electron chi connectivity index (χ4n) is 2.13. The highest BCUT2D eigenvalue weighted by Gasteiger charge is 2.90. The molecule has 0 bridgehead atoms. The SMILES string of the molecule is CC(=O)Oc1ccc(C(F)(F)C(F)(F)C(F)(F)C(F)(F)C(F)(F)C(F)(F)F)cc1OC(C)=O. The molecular weight excluding hydrogens is 503 g/mol. The van der Waals surface area contributed by atoms with Crippen LogP contribution in [0.1, 0.15) is 19.4 Å². The van der Waals surface area contributed by atoms with E-state index in [9.17, 15) is 66.7 Å². The molecule has 0 heterocycles. The van der Waals surface area contributed by atoms with E-state index in [4.69, 9.17) is 0 Å². The predicted molar refractivity (Wildman–Crippen MR) is 78.8 cm³/mol. The number of ether oxygens (including phenoxy) is 2. The van der Waals surface area contributed by atoms with Gasteiger partial charge in [-0.3, -0.25) is 9.59 Å². The highest BCUT2D eigenvalue weighted by Crippen LogP contribution is 2.62. The predicted octanol–water partition coefficient (Wildman–Crippen LogP) is 5.73. The van der Waals surface area contributed by atoms with Crippen LogP contribution in [-0.2, 0) is 15.5 Å². The van der Waals surface area contributed by atoms with Crippen molar-refractivity contribution >= 4 is 11.9 Å². The summed E-state index contributed by atoms with van der Waals surface area (Å²) in [4.78, 5) is 21.9. The van der Waals surface area contributed by atoms with Crippen molar-refractivity contribution in [2.75, 3.05) is 0 Å². The minimum absolute atomic E-state index is 0.152. The van der Waals surface area contributed by atoms with E-state index in [0.29, 0.717) is 6.92 Å². The summed E-state index contributed by atoms with van der Waals surface area (Å²) >= 11 is 0. The molecule has 4 nitrogen and oxygen atoms in total. The number of alkyl halides is 13. The monoisotopic (exact) mass is 512 g/mol. The van der Waals surface area contributed by atoms with Gasteiger partial charge in [0, 0.05) is 19.4 Å². The summed E-state index contributed by atoms with van der Waals surface area (Å²) in [6.45, 7) is 1.32. The lowest BCUT2D eigenvalue weighted by molar-refractivity contribution is -0.441. The molecule has 33 heavy (non-hydrogen) atoms. The van der Waals surface area contributed by atoms with E-state index in [-0.39, 0.29) is 18.2 Å². The minimum Gasteiger partial charge on any atom is -0.423 e. The molecule has 0 aliphatic heterocycles. The summed E-state index contributed by atoms with van der Waals surface area (Å²) in [5, 5.41) is 0. The summed E-state index contributed by atoms with van der Waals surface area (Å²) in [7, 11) is 0. The maximum absolute atomic E-state index is 14.2. The highest BCUT2D eigenvalue weighted by atomic mass is 19.4. The van der Waals surface area contributed by atoms with Gasteiger partial charge in [-0.05, 0) is 18.2 Å². The van der Waals surface area contributed by atoms with Gasteiger partial charge in [-0.2, -0.15) is 57.1 Å². The van der Waals surface area contributed by atoms with E-state index < -0.39 is 64.8 Å². The van der Waals surface area contributed by atoms with Gasteiger partial charge < -0.3 is 9.47 Å². The van der Waals surface area contributed by atoms with Gasteiger partial charge in [0.15, 0.2) is 11.5 Å². The highest BCUT2D eigenvalue weighted by molar-refractivity contribution is 5.73. The van der Waals surface area contributed by atoms with Gasteiger partial charge >= 0.3 is 47.7 Å². The summed E-state index contributed by atoms with van der Waals surface area (Å²) in [5.74, 6) is -42.8. The van der Waals surface area contributed by atoms with Crippen LogP contribution in [0.2, 0.25) is 0 Å². The standard InChI is InChI=1S/C16H9F13O4/c1-6(30)32-9-4-3-8(5-10(9)33-7(2)31)11(17,18)12(19,20)13(21,22)14(23,24)15(25,26)16(27,28)29/h3-5H,1-2H3. The summed E-state index contributed by atoms with van der Waals surface area (Å²) in [6, 6.07) is -0.460. The Hall–Kier alpha value is -2.75. The molecule has 1 aromatic carbocycles. The van der Waals surface area contributed by atoms with E-state index in [1.54, 1.807) is 0 Å². The summed E-state index contributed by atoms with van der Waals surface area (Å²) < 4.78 is 181. The summed E-state index contributed by atoms with van der Waals surface area (Å²) in [6.07, 6.45) is -7.53.